The molecule has 2 aromatic heterocycles. The zero-order valence-corrected chi connectivity index (χ0v) is 23.4. The Balaban J connectivity index is 1.29. The van der Waals surface area contributed by atoms with Crippen molar-refractivity contribution >= 4 is 44.4 Å². The number of halogens is 3. The number of nitrogens with one attached hydrogen (secondary N) is 3. The van der Waals surface area contributed by atoms with Crippen LogP contribution in [0.5, 0.6) is 0 Å². The van der Waals surface area contributed by atoms with Crippen LogP contribution in [0, 0.1) is 11.6 Å². The standard InChI is InChI=1S/C30H31F3N6OS/c1-2-41(39-12-9-21(31)18-39)37-26-8-7-25(32)27(28(26)33)29(40)24-17-36-30-23(24)15-20(16-35-30)19-3-5-22(6-4-19)38-13-10-34-11-14-38/h2-8,15-17,21,34,37H,9-14,18H2,1H3,(H,35,36). The van der Waals surface area contributed by atoms with E-state index in [0.29, 0.717) is 24.0 Å². The average molecular weight is 581 g/mol. The lowest BCUT2D eigenvalue weighted by Crippen LogP contribution is -2.43. The molecule has 0 bridgehead atoms. The normalized spacial score (nSPS) is 18.7. The summed E-state index contributed by atoms with van der Waals surface area (Å²) < 4.78 is 49.4. The van der Waals surface area contributed by atoms with Gasteiger partial charge in [0.2, 0.25) is 5.78 Å². The van der Waals surface area contributed by atoms with Crippen LogP contribution < -0.4 is 14.9 Å². The Morgan fingerprint density at radius 3 is 2.59 bits per heavy atom. The maximum atomic E-state index is 15.7. The first-order chi connectivity index (χ1) is 19.9. The number of aromatic amines is 1. The first-order valence-corrected chi connectivity index (χ1v) is 14.9. The first-order valence-electron chi connectivity index (χ1n) is 13.7. The number of H-pyrrole nitrogens is 1. The Bertz CT molecular complexity index is 1620. The number of piperazine rings is 1. The van der Waals surface area contributed by atoms with E-state index in [-0.39, 0.29) is 17.8 Å². The summed E-state index contributed by atoms with van der Waals surface area (Å²) in [5.41, 5.74) is 2.76. The van der Waals surface area contributed by atoms with E-state index >= 15 is 4.39 Å². The molecule has 0 radical (unpaired) electrons. The lowest BCUT2D eigenvalue weighted by molar-refractivity contribution is 0.103. The van der Waals surface area contributed by atoms with Gasteiger partial charge in [-0.25, -0.2) is 22.5 Å². The van der Waals surface area contributed by atoms with Crippen molar-refractivity contribution in [2.24, 2.45) is 0 Å². The number of carbonyl (C=O) groups is 1. The van der Waals surface area contributed by atoms with E-state index in [1.807, 2.05) is 27.9 Å². The van der Waals surface area contributed by atoms with Crippen LogP contribution >= 0.6 is 10.9 Å². The fraction of sp³-hybridized carbons (Fsp3) is 0.300. The summed E-state index contributed by atoms with van der Waals surface area (Å²) in [5, 5.41) is 5.64. The number of ketones is 1. The molecule has 41 heavy (non-hydrogen) atoms. The summed E-state index contributed by atoms with van der Waals surface area (Å²) in [4.78, 5) is 23.3. The Kier molecular flexibility index (Phi) is 7.83. The highest BCUT2D eigenvalue weighted by Crippen LogP contribution is 2.33. The number of anilines is 2. The SMILES string of the molecule is C/C=S(\Nc1ccc(F)c(C(=O)c2c[nH]c3ncc(-c4ccc(N5CCNCC5)cc4)cc23)c1F)N1CCC(F)C1. The molecule has 2 aliphatic heterocycles. The minimum atomic E-state index is -0.979. The molecule has 2 atom stereocenters. The maximum absolute atomic E-state index is 15.7. The monoisotopic (exact) mass is 580 g/mol. The molecule has 0 saturated carbocycles. The molecular weight excluding hydrogens is 549 g/mol. The zero-order chi connectivity index (χ0) is 28.5. The predicted octanol–water partition coefficient (Wildman–Crippen LogP) is 5.53. The van der Waals surface area contributed by atoms with Gasteiger partial charge in [0.1, 0.15) is 17.6 Å². The lowest BCUT2D eigenvalue weighted by Gasteiger charge is -2.29. The molecule has 2 saturated heterocycles. The largest absolute Gasteiger partial charge is 0.369 e. The fourth-order valence-electron chi connectivity index (χ4n) is 5.36. The van der Waals surface area contributed by atoms with Crippen molar-refractivity contribution in [1.29, 1.82) is 0 Å². The summed E-state index contributed by atoms with van der Waals surface area (Å²) in [5.74, 6) is -2.72. The van der Waals surface area contributed by atoms with Gasteiger partial charge in [0.15, 0.2) is 5.82 Å². The highest BCUT2D eigenvalue weighted by atomic mass is 32.2. The number of hydrogen-bond donors (Lipinski definition) is 3. The topological polar surface area (TPSA) is 76.3 Å². The van der Waals surface area contributed by atoms with Crippen molar-refractivity contribution in [3.63, 3.8) is 0 Å². The number of pyridine rings is 1. The predicted molar refractivity (Wildman–Crippen MR) is 160 cm³/mol. The number of nitrogens with zero attached hydrogens (tertiary/aromatic N) is 3. The van der Waals surface area contributed by atoms with Gasteiger partial charge in [-0.1, -0.05) is 12.1 Å². The highest BCUT2D eigenvalue weighted by Gasteiger charge is 2.27. The van der Waals surface area contributed by atoms with Crippen molar-refractivity contribution in [1.82, 2.24) is 19.6 Å². The van der Waals surface area contributed by atoms with Crippen LogP contribution in [0.1, 0.15) is 29.3 Å². The maximum Gasteiger partial charge on any atom is 0.201 e. The number of alkyl halides is 1. The third-order valence-corrected chi connectivity index (χ3v) is 9.35. The van der Waals surface area contributed by atoms with Crippen molar-refractivity contribution in [3.05, 3.63) is 77.6 Å². The third kappa shape index (κ3) is 5.49. The van der Waals surface area contributed by atoms with E-state index < -0.39 is 40.0 Å². The third-order valence-electron chi connectivity index (χ3n) is 7.59. The van der Waals surface area contributed by atoms with Crippen molar-refractivity contribution < 1.29 is 18.0 Å². The van der Waals surface area contributed by atoms with E-state index in [1.54, 1.807) is 13.1 Å². The molecule has 6 rings (SSSR count). The Labute approximate surface area is 239 Å². The number of fused-ring (bicyclic) bond motifs is 1. The Morgan fingerprint density at radius 1 is 1.10 bits per heavy atom. The van der Waals surface area contributed by atoms with E-state index in [0.717, 1.165) is 49.1 Å². The second-order valence-corrected chi connectivity index (χ2v) is 12.0. The van der Waals surface area contributed by atoms with Crippen LogP contribution in [0.3, 0.4) is 0 Å². The van der Waals surface area contributed by atoms with Crippen LogP contribution in [-0.2, 0) is 0 Å². The van der Waals surface area contributed by atoms with Crippen LogP contribution in [0.25, 0.3) is 22.2 Å². The average Bonchev–Trinajstić information content (AvgIpc) is 3.63. The quantitative estimate of drug-likeness (QED) is 0.197. The number of aromatic nitrogens is 2. The highest BCUT2D eigenvalue weighted by molar-refractivity contribution is 8.14. The van der Waals surface area contributed by atoms with E-state index in [2.05, 4.69) is 37.0 Å². The number of carbonyl (C=O) groups excluding carboxylic acids is 1. The molecule has 214 valence electrons. The van der Waals surface area contributed by atoms with Gasteiger partial charge in [0, 0.05) is 73.9 Å². The molecule has 4 heterocycles. The van der Waals surface area contributed by atoms with Crippen LogP contribution in [-0.4, -0.2) is 70.9 Å². The molecule has 2 fully saturated rings. The molecule has 0 amide bonds. The smallest absolute Gasteiger partial charge is 0.201 e. The second-order valence-electron chi connectivity index (χ2n) is 10.1. The molecule has 2 aromatic carbocycles. The summed E-state index contributed by atoms with van der Waals surface area (Å²) >= 11 is 0. The summed E-state index contributed by atoms with van der Waals surface area (Å²) in [6.45, 7) is 6.34. The minimum Gasteiger partial charge on any atom is -0.369 e. The van der Waals surface area contributed by atoms with Gasteiger partial charge < -0.3 is 19.9 Å². The molecule has 4 aromatic rings. The first kappa shape index (κ1) is 27.5. The van der Waals surface area contributed by atoms with Gasteiger partial charge >= 0.3 is 0 Å². The van der Waals surface area contributed by atoms with Crippen LogP contribution in [0.4, 0.5) is 24.5 Å². The van der Waals surface area contributed by atoms with Crippen LogP contribution in [0.15, 0.2) is 54.9 Å². The number of benzene rings is 2. The summed E-state index contributed by atoms with van der Waals surface area (Å²) in [6, 6.07) is 12.3. The lowest BCUT2D eigenvalue weighted by atomic mass is 9.99. The summed E-state index contributed by atoms with van der Waals surface area (Å²) in [6.07, 6.45) is 2.62. The Morgan fingerprint density at radius 2 is 1.88 bits per heavy atom. The number of hydrogen-bond acceptors (Lipinski definition) is 6. The Hall–Kier alpha value is -3.67. The van der Waals surface area contributed by atoms with Gasteiger partial charge in [0.25, 0.3) is 0 Å². The molecule has 0 aliphatic carbocycles. The van der Waals surface area contributed by atoms with Crippen molar-refractivity contribution in [2.75, 3.05) is 48.9 Å². The molecule has 11 heteroatoms. The summed E-state index contributed by atoms with van der Waals surface area (Å²) in [7, 11) is -0.781. The molecule has 2 unspecified atom stereocenters. The van der Waals surface area contributed by atoms with E-state index in [4.69, 9.17) is 0 Å². The molecular formula is C30H31F3N6OS. The van der Waals surface area contributed by atoms with E-state index in [1.165, 1.54) is 12.3 Å². The van der Waals surface area contributed by atoms with Crippen molar-refractivity contribution in [2.45, 2.75) is 19.5 Å². The van der Waals surface area contributed by atoms with Gasteiger partial charge in [-0.15, -0.1) is 0 Å². The van der Waals surface area contributed by atoms with Gasteiger partial charge in [-0.2, -0.15) is 0 Å². The second kappa shape index (κ2) is 11.7. The molecule has 3 N–H and O–H groups in total. The molecule has 2 aliphatic rings. The van der Waals surface area contributed by atoms with Gasteiger partial charge in [0.05, 0.1) is 11.3 Å². The van der Waals surface area contributed by atoms with Gasteiger partial charge in [-0.05, 0) is 65.5 Å². The van der Waals surface area contributed by atoms with Gasteiger partial charge in [-0.3, -0.25) is 4.79 Å². The molecule has 0 spiro atoms. The zero-order valence-electron chi connectivity index (χ0n) is 22.6. The van der Waals surface area contributed by atoms with E-state index in [9.17, 15) is 13.6 Å². The van der Waals surface area contributed by atoms with Crippen molar-refractivity contribution in [3.8, 4) is 11.1 Å². The number of rotatable bonds is 7. The minimum absolute atomic E-state index is 0.0123. The molecule has 7 nitrogen and oxygen atoms in total. The fourth-order valence-corrected chi connectivity index (χ4v) is 6.91. The van der Waals surface area contributed by atoms with Crippen LogP contribution in [0.2, 0.25) is 0 Å².